The molecule has 42 heavy (non-hydrogen) atoms. The number of nitrogens with zero attached hydrogens (tertiary/aromatic N) is 2. The molecule has 214 valence electrons. The molecule has 0 atom stereocenters. The van der Waals surface area contributed by atoms with Crippen molar-refractivity contribution >= 4 is 69.8 Å². The summed E-state index contributed by atoms with van der Waals surface area (Å²) in [5.41, 5.74) is 4.26. The Balaban J connectivity index is 1.09. The van der Waals surface area contributed by atoms with E-state index in [2.05, 4.69) is 15.5 Å². The van der Waals surface area contributed by atoms with Crippen LogP contribution in [0.25, 0.3) is 17.4 Å². The fourth-order valence-electron chi connectivity index (χ4n) is 4.66. The van der Waals surface area contributed by atoms with Gasteiger partial charge >= 0.3 is 0 Å². The van der Waals surface area contributed by atoms with Crippen molar-refractivity contribution in [3.63, 3.8) is 0 Å². The van der Waals surface area contributed by atoms with Crippen LogP contribution in [0.2, 0.25) is 10.0 Å². The predicted molar refractivity (Wildman–Crippen MR) is 173 cm³/mol. The Morgan fingerprint density at radius 2 is 1.67 bits per heavy atom. The molecule has 1 saturated heterocycles. The van der Waals surface area contributed by atoms with Gasteiger partial charge in [0.25, 0.3) is 5.91 Å². The molecular formula is C32H28Cl2N4O3S. The molecule has 4 aromatic rings. The maximum absolute atomic E-state index is 12.9. The number of hydrogen-bond donors (Lipinski definition) is 2. The standard InChI is InChI=1S/C32H28Cl2N4O3S/c1-21-4-2-3-5-26(21)31(40)38-18-16-37(17-19-38)24-9-7-23(8-10-24)35-32(42)36-30(39)15-12-25-11-14-29(41-25)27-13-6-22(33)20-28(27)34/h2-15,20H,16-19H2,1H3,(H2,35,36,39,42)/b15-12+. The highest BCUT2D eigenvalue weighted by molar-refractivity contribution is 7.80. The van der Waals surface area contributed by atoms with Crippen LogP contribution in [-0.2, 0) is 4.79 Å². The smallest absolute Gasteiger partial charge is 0.254 e. The molecule has 0 radical (unpaired) electrons. The van der Waals surface area contributed by atoms with Crippen LogP contribution in [0.4, 0.5) is 11.4 Å². The van der Waals surface area contributed by atoms with Crippen LogP contribution in [0.15, 0.2) is 89.4 Å². The molecule has 1 aliphatic rings. The van der Waals surface area contributed by atoms with E-state index in [0.717, 1.165) is 35.6 Å². The monoisotopic (exact) mass is 618 g/mol. The summed E-state index contributed by atoms with van der Waals surface area (Å²) in [4.78, 5) is 29.5. The number of furan rings is 1. The average Bonchev–Trinajstić information content (AvgIpc) is 3.45. The van der Waals surface area contributed by atoms with Gasteiger partial charge in [-0.3, -0.25) is 14.9 Å². The Kier molecular flexibility index (Phi) is 9.27. The van der Waals surface area contributed by atoms with Crippen molar-refractivity contribution in [2.24, 2.45) is 0 Å². The number of anilines is 2. The van der Waals surface area contributed by atoms with Gasteiger partial charge in [-0.25, -0.2) is 0 Å². The maximum atomic E-state index is 12.9. The lowest BCUT2D eigenvalue weighted by atomic mass is 10.1. The van der Waals surface area contributed by atoms with Crippen LogP contribution < -0.4 is 15.5 Å². The van der Waals surface area contributed by atoms with Crippen LogP contribution in [0.3, 0.4) is 0 Å². The van der Waals surface area contributed by atoms with Gasteiger partial charge in [-0.15, -0.1) is 0 Å². The third kappa shape index (κ3) is 7.20. The van der Waals surface area contributed by atoms with Gasteiger partial charge in [-0.05, 0) is 91.4 Å². The molecule has 10 heteroatoms. The Hall–Kier alpha value is -4.11. The number of nitrogens with one attached hydrogen (secondary N) is 2. The first-order valence-electron chi connectivity index (χ1n) is 13.3. The number of hydrogen-bond acceptors (Lipinski definition) is 5. The van der Waals surface area contributed by atoms with E-state index in [1.54, 1.807) is 36.4 Å². The number of piperazine rings is 1. The fourth-order valence-corrected chi connectivity index (χ4v) is 5.38. The van der Waals surface area contributed by atoms with Crippen molar-refractivity contribution in [3.05, 3.63) is 112 Å². The Bertz CT molecular complexity index is 1640. The summed E-state index contributed by atoms with van der Waals surface area (Å²) in [5.74, 6) is 0.732. The number of halogens is 2. The van der Waals surface area contributed by atoms with E-state index in [1.807, 2.05) is 60.4 Å². The first-order chi connectivity index (χ1) is 20.3. The van der Waals surface area contributed by atoms with E-state index >= 15 is 0 Å². The Morgan fingerprint density at radius 3 is 2.38 bits per heavy atom. The van der Waals surface area contributed by atoms with Gasteiger partial charge in [-0.2, -0.15) is 0 Å². The second-order valence-corrected chi connectivity index (χ2v) is 11.0. The Morgan fingerprint density at radius 1 is 0.929 bits per heavy atom. The number of aryl methyl sites for hydroxylation is 1. The number of thiocarbonyl (C=S) groups is 1. The molecule has 0 unspecified atom stereocenters. The van der Waals surface area contributed by atoms with E-state index in [0.29, 0.717) is 40.2 Å². The van der Waals surface area contributed by atoms with Gasteiger partial charge in [0.05, 0.1) is 5.02 Å². The van der Waals surface area contributed by atoms with Crippen LogP contribution in [0.5, 0.6) is 0 Å². The molecule has 7 nitrogen and oxygen atoms in total. The maximum Gasteiger partial charge on any atom is 0.254 e. The summed E-state index contributed by atoms with van der Waals surface area (Å²) < 4.78 is 5.78. The molecule has 0 spiro atoms. The van der Waals surface area contributed by atoms with E-state index in [-0.39, 0.29) is 11.0 Å². The fraction of sp³-hybridized carbons (Fsp3) is 0.156. The third-order valence-corrected chi connectivity index (χ3v) is 7.64. The van der Waals surface area contributed by atoms with Gasteiger partial charge in [0.2, 0.25) is 5.91 Å². The zero-order chi connectivity index (χ0) is 29.6. The van der Waals surface area contributed by atoms with Gasteiger partial charge in [-0.1, -0.05) is 41.4 Å². The van der Waals surface area contributed by atoms with Crippen molar-refractivity contribution in [1.82, 2.24) is 10.2 Å². The minimum absolute atomic E-state index is 0.0782. The lowest BCUT2D eigenvalue weighted by Gasteiger charge is -2.36. The third-order valence-electron chi connectivity index (χ3n) is 6.89. The molecule has 2 heterocycles. The molecule has 1 fully saturated rings. The van der Waals surface area contributed by atoms with Crippen molar-refractivity contribution in [2.45, 2.75) is 6.92 Å². The summed E-state index contributed by atoms with van der Waals surface area (Å²) in [5, 5.41) is 6.85. The molecule has 5 rings (SSSR count). The molecule has 0 saturated carbocycles. The number of rotatable bonds is 6. The van der Waals surface area contributed by atoms with Crippen LogP contribution in [0.1, 0.15) is 21.7 Å². The summed E-state index contributed by atoms with van der Waals surface area (Å²) in [6.45, 7) is 4.77. The Labute approximate surface area is 259 Å². The highest BCUT2D eigenvalue weighted by atomic mass is 35.5. The van der Waals surface area contributed by atoms with Crippen molar-refractivity contribution in [2.75, 3.05) is 36.4 Å². The minimum atomic E-state index is -0.398. The highest BCUT2D eigenvalue weighted by Crippen LogP contribution is 2.31. The molecule has 2 N–H and O–H groups in total. The summed E-state index contributed by atoms with van der Waals surface area (Å²) >= 11 is 17.5. The second-order valence-electron chi connectivity index (χ2n) is 9.74. The van der Waals surface area contributed by atoms with Crippen molar-refractivity contribution in [1.29, 1.82) is 0 Å². The van der Waals surface area contributed by atoms with Gasteiger partial charge in [0.1, 0.15) is 11.5 Å². The van der Waals surface area contributed by atoms with Crippen molar-refractivity contribution in [3.8, 4) is 11.3 Å². The zero-order valence-electron chi connectivity index (χ0n) is 22.8. The largest absolute Gasteiger partial charge is 0.457 e. The molecular weight excluding hydrogens is 591 g/mol. The van der Waals surface area contributed by atoms with E-state index in [1.165, 1.54) is 6.08 Å². The van der Waals surface area contributed by atoms with Gasteiger partial charge in [0.15, 0.2) is 5.11 Å². The topological polar surface area (TPSA) is 77.8 Å². The van der Waals surface area contributed by atoms with Gasteiger partial charge in [0, 0.05) is 59.8 Å². The predicted octanol–water partition coefficient (Wildman–Crippen LogP) is 7.05. The van der Waals surface area contributed by atoms with E-state index < -0.39 is 5.91 Å². The number of carbonyl (C=O) groups is 2. The normalized spacial score (nSPS) is 13.3. The molecule has 1 aromatic heterocycles. The summed E-state index contributed by atoms with van der Waals surface area (Å²) in [7, 11) is 0. The van der Waals surface area contributed by atoms with Crippen LogP contribution in [0, 0.1) is 6.92 Å². The lowest BCUT2D eigenvalue weighted by Crippen LogP contribution is -2.48. The van der Waals surface area contributed by atoms with Crippen LogP contribution >= 0.6 is 35.4 Å². The SMILES string of the molecule is Cc1ccccc1C(=O)N1CCN(c2ccc(NC(=S)NC(=O)/C=C/c3ccc(-c4ccc(Cl)cc4Cl)o3)cc2)CC1. The number of carbonyl (C=O) groups excluding carboxylic acids is 2. The van der Waals surface area contributed by atoms with Gasteiger partial charge < -0.3 is 19.5 Å². The quantitative estimate of drug-likeness (QED) is 0.178. The summed E-state index contributed by atoms with van der Waals surface area (Å²) in [6, 6.07) is 24.1. The first-order valence-corrected chi connectivity index (χ1v) is 14.5. The molecule has 0 bridgehead atoms. The minimum Gasteiger partial charge on any atom is -0.457 e. The molecule has 3 aromatic carbocycles. The number of benzene rings is 3. The van der Waals surface area contributed by atoms with E-state index in [4.69, 9.17) is 39.8 Å². The molecule has 2 amide bonds. The molecule has 0 aliphatic carbocycles. The highest BCUT2D eigenvalue weighted by Gasteiger charge is 2.23. The average molecular weight is 620 g/mol. The number of amides is 2. The summed E-state index contributed by atoms with van der Waals surface area (Å²) in [6.07, 6.45) is 2.89. The van der Waals surface area contributed by atoms with E-state index in [9.17, 15) is 9.59 Å². The zero-order valence-corrected chi connectivity index (χ0v) is 25.1. The first kappa shape index (κ1) is 29.4. The van der Waals surface area contributed by atoms with Crippen molar-refractivity contribution < 1.29 is 14.0 Å². The second kappa shape index (κ2) is 13.2. The van der Waals surface area contributed by atoms with Crippen LogP contribution in [-0.4, -0.2) is 48.0 Å². The lowest BCUT2D eigenvalue weighted by molar-refractivity contribution is -0.115. The molecule has 1 aliphatic heterocycles.